The summed E-state index contributed by atoms with van der Waals surface area (Å²) in [5.41, 5.74) is 15.3. The molecule has 25 heavy (non-hydrogen) atoms. The maximum atomic E-state index is 11.3. The van der Waals surface area contributed by atoms with Gasteiger partial charge >= 0.3 is 11.7 Å². The molecule has 0 radical (unpaired) electrons. The summed E-state index contributed by atoms with van der Waals surface area (Å²) in [4.78, 5) is 42.5. The van der Waals surface area contributed by atoms with Crippen LogP contribution in [0.15, 0.2) is 20.9 Å². The Kier molecular flexibility index (Phi) is 6.87. The van der Waals surface area contributed by atoms with Gasteiger partial charge < -0.3 is 26.9 Å². The number of carboxylic acids is 1. The minimum absolute atomic E-state index is 0.0129. The number of nitrogens with zero attached hydrogens (tertiary/aromatic N) is 4. The molecule has 0 aliphatic heterocycles. The maximum Gasteiger partial charge on any atom is 0.329 e. The van der Waals surface area contributed by atoms with Gasteiger partial charge in [-0.3, -0.25) is 24.1 Å². The topological polar surface area (TPSA) is 200 Å². The molecule has 8 N–H and O–H groups in total. The predicted molar refractivity (Wildman–Crippen MR) is 92.1 cm³/mol. The fraction of sp³-hybridized carbons (Fsp3) is 0.462. The lowest BCUT2D eigenvalue weighted by molar-refractivity contribution is -0.138. The van der Waals surface area contributed by atoms with Crippen LogP contribution >= 0.6 is 0 Å². The van der Waals surface area contributed by atoms with Crippen LogP contribution in [-0.4, -0.2) is 48.7 Å². The third-order valence-corrected chi connectivity index (χ3v) is 3.26. The number of rotatable bonds is 5. The summed E-state index contributed by atoms with van der Waals surface area (Å²) in [7, 11) is 3.27. The first-order chi connectivity index (χ1) is 11.6. The Bertz CT molecular complexity index is 874. The molecule has 0 fully saturated rings. The second kappa shape index (κ2) is 8.63. The van der Waals surface area contributed by atoms with Crippen LogP contribution in [0.25, 0.3) is 11.2 Å². The van der Waals surface area contributed by atoms with Gasteiger partial charge in [0, 0.05) is 20.6 Å². The standard InChI is InChI=1S/C7H8N4O2.C6H14N4O2/c1-10-3-8-5-4(10)6(12)9-7(13)11(5)2;7-4(5(11)12)2-1-3-10-6(8)9/h3H,1-2H3,(H,9,12,13);4H,1-3,7H2,(H,11,12)(H4,8,9,10)/t;4-/m.0/s1. The molecule has 0 bridgehead atoms. The highest BCUT2D eigenvalue weighted by Crippen LogP contribution is 2.00. The molecule has 2 rings (SSSR count). The van der Waals surface area contributed by atoms with E-state index in [0.717, 1.165) is 0 Å². The summed E-state index contributed by atoms with van der Waals surface area (Å²) in [5.74, 6) is -0.987. The molecule has 0 unspecified atom stereocenters. The van der Waals surface area contributed by atoms with Crippen LogP contribution < -0.4 is 28.5 Å². The van der Waals surface area contributed by atoms with Crippen molar-refractivity contribution in [2.45, 2.75) is 18.9 Å². The first-order valence-corrected chi connectivity index (χ1v) is 7.29. The minimum Gasteiger partial charge on any atom is -0.480 e. The van der Waals surface area contributed by atoms with Gasteiger partial charge in [0.25, 0.3) is 5.56 Å². The van der Waals surface area contributed by atoms with Gasteiger partial charge in [-0.2, -0.15) is 0 Å². The van der Waals surface area contributed by atoms with Crippen LogP contribution in [0.3, 0.4) is 0 Å². The number of guanidine groups is 1. The van der Waals surface area contributed by atoms with Crippen molar-refractivity contribution >= 4 is 23.1 Å². The average Bonchev–Trinajstić information content (AvgIpc) is 2.92. The molecule has 2 aromatic heterocycles. The molecule has 0 saturated carbocycles. The number of hydrogen-bond donors (Lipinski definition) is 5. The number of carbonyl (C=O) groups is 1. The fourth-order valence-electron chi connectivity index (χ4n) is 1.90. The number of nitrogens with two attached hydrogens (primary N) is 3. The molecule has 0 saturated heterocycles. The minimum atomic E-state index is -1.00. The highest BCUT2D eigenvalue weighted by Gasteiger charge is 2.09. The number of H-pyrrole nitrogens is 1. The number of aliphatic imine (C=N–C) groups is 1. The molecular weight excluding hydrogens is 332 g/mol. The van der Waals surface area contributed by atoms with Crippen molar-refractivity contribution in [2.24, 2.45) is 36.3 Å². The van der Waals surface area contributed by atoms with E-state index < -0.39 is 23.3 Å². The molecule has 2 heterocycles. The number of hydrogen-bond acceptors (Lipinski definition) is 6. The highest BCUT2D eigenvalue weighted by atomic mass is 16.4. The van der Waals surface area contributed by atoms with E-state index in [1.54, 1.807) is 18.7 Å². The third-order valence-electron chi connectivity index (χ3n) is 3.26. The highest BCUT2D eigenvalue weighted by molar-refractivity contribution is 5.75. The van der Waals surface area contributed by atoms with E-state index in [1.807, 2.05) is 0 Å². The van der Waals surface area contributed by atoms with Crippen molar-refractivity contribution < 1.29 is 9.90 Å². The number of imidazole rings is 1. The number of aromatic amines is 1. The molecule has 12 nitrogen and oxygen atoms in total. The van der Waals surface area contributed by atoms with Crippen molar-refractivity contribution in [1.29, 1.82) is 0 Å². The fourth-order valence-corrected chi connectivity index (χ4v) is 1.90. The molecule has 2 aromatic rings. The molecule has 1 atom stereocenters. The summed E-state index contributed by atoms with van der Waals surface area (Å²) in [6.07, 6.45) is 2.46. The van der Waals surface area contributed by atoms with Crippen LogP contribution in [0.5, 0.6) is 0 Å². The van der Waals surface area contributed by atoms with Crippen LogP contribution in [-0.2, 0) is 18.9 Å². The van der Waals surface area contributed by atoms with Gasteiger partial charge in [0.15, 0.2) is 17.1 Å². The largest absolute Gasteiger partial charge is 0.480 e. The first-order valence-electron chi connectivity index (χ1n) is 7.29. The summed E-state index contributed by atoms with van der Waals surface area (Å²) >= 11 is 0. The van der Waals surface area contributed by atoms with Gasteiger partial charge in [-0.05, 0) is 12.8 Å². The van der Waals surface area contributed by atoms with E-state index in [0.29, 0.717) is 30.6 Å². The summed E-state index contributed by atoms with van der Waals surface area (Å²) < 4.78 is 2.88. The lowest BCUT2D eigenvalue weighted by Gasteiger charge is -2.03. The van der Waals surface area contributed by atoms with Crippen molar-refractivity contribution in [3.63, 3.8) is 0 Å². The van der Waals surface area contributed by atoms with Gasteiger partial charge in [0.1, 0.15) is 6.04 Å². The molecule has 0 aromatic carbocycles. The maximum absolute atomic E-state index is 11.3. The Labute approximate surface area is 142 Å². The van der Waals surface area contributed by atoms with Gasteiger partial charge in [-0.25, -0.2) is 9.78 Å². The molecule has 12 heteroatoms. The van der Waals surface area contributed by atoms with Crippen LogP contribution in [0.2, 0.25) is 0 Å². The Morgan fingerprint density at radius 3 is 2.60 bits per heavy atom. The number of nitrogens with one attached hydrogen (secondary N) is 1. The zero-order valence-corrected chi connectivity index (χ0v) is 14.0. The van der Waals surface area contributed by atoms with E-state index in [4.69, 9.17) is 22.3 Å². The zero-order valence-electron chi connectivity index (χ0n) is 14.0. The average molecular weight is 354 g/mol. The second-order valence-electron chi connectivity index (χ2n) is 5.24. The van der Waals surface area contributed by atoms with Gasteiger partial charge in [-0.15, -0.1) is 0 Å². The number of aliphatic carboxylic acids is 1. The second-order valence-corrected chi connectivity index (χ2v) is 5.24. The molecular formula is C13H22N8O4. The van der Waals surface area contributed by atoms with Crippen molar-refractivity contribution in [3.8, 4) is 0 Å². The zero-order chi connectivity index (χ0) is 19.1. The van der Waals surface area contributed by atoms with E-state index in [2.05, 4.69) is 15.0 Å². The molecule has 0 aliphatic carbocycles. The number of fused-ring (bicyclic) bond motifs is 1. The van der Waals surface area contributed by atoms with E-state index in [-0.39, 0.29) is 5.96 Å². The number of carboxylic acid groups (broad SMARTS) is 1. The van der Waals surface area contributed by atoms with E-state index in [1.165, 1.54) is 10.9 Å². The van der Waals surface area contributed by atoms with Crippen molar-refractivity contribution in [3.05, 3.63) is 27.2 Å². The monoisotopic (exact) mass is 354 g/mol. The van der Waals surface area contributed by atoms with Crippen LogP contribution in [0.4, 0.5) is 0 Å². The molecule has 0 aliphatic rings. The van der Waals surface area contributed by atoms with Crippen LogP contribution in [0.1, 0.15) is 12.8 Å². The molecule has 138 valence electrons. The molecule has 0 spiro atoms. The number of aromatic nitrogens is 4. The Morgan fingerprint density at radius 1 is 1.40 bits per heavy atom. The van der Waals surface area contributed by atoms with Crippen molar-refractivity contribution in [1.82, 2.24) is 19.1 Å². The van der Waals surface area contributed by atoms with Gasteiger partial charge in [0.2, 0.25) is 0 Å². The number of aryl methyl sites for hydroxylation is 2. The smallest absolute Gasteiger partial charge is 0.329 e. The first kappa shape index (κ1) is 19.9. The van der Waals surface area contributed by atoms with E-state index in [9.17, 15) is 14.4 Å². The Hall–Kier alpha value is -3.15. The normalized spacial score (nSPS) is 11.5. The molecule has 0 amide bonds. The SMILES string of the molecule is Cn1cnc2c1c(=O)[nH]c(=O)n2C.NC(N)=NCCC[C@H](N)C(=O)O. The van der Waals surface area contributed by atoms with Crippen molar-refractivity contribution in [2.75, 3.05) is 6.54 Å². The van der Waals surface area contributed by atoms with Gasteiger partial charge in [-0.1, -0.05) is 0 Å². The predicted octanol–water partition coefficient (Wildman–Crippen LogP) is -2.59. The lowest BCUT2D eigenvalue weighted by atomic mass is 10.2. The summed E-state index contributed by atoms with van der Waals surface area (Å²) in [5, 5.41) is 8.38. The quantitative estimate of drug-likeness (QED) is 0.219. The lowest BCUT2D eigenvalue weighted by Crippen LogP contribution is -2.30. The van der Waals surface area contributed by atoms with Crippen LogP contribution in [0, 0.1) is 0 Å². The third kappa shape index (κ3) is 5.46. The Morgan fingerprint density at radius 2 is 2.04 bits per heavy atom. The van der Waals surface area contributed by atoms with Gasteiger partial charge in [0.05, 0.1) is 6.33 Å². The van der Waals surface area contributed by atoms with E-state index >= 15 is 0 Å². The summed E-state index contributed by atoms with van der Waals surface area (Å²) in [6.45, 7) is 0.420. The Balaban J connectivity index is 0.000000252. The summed E-state index contributed by atoms with van der Waals surface area (Å²) in [6, 6.07) is -0.820.